The molecule has 0 aromatic carbocycles. The van der Waals surface area contributed by atoms with Gasteiger partial charge in [0.2, 0.25) is 0 Å². The van der Waals surface area contributed by atoms with Gasteiger partial charge in [-0.1, -0.05) is 6.92 Å². The second-order valence-corrected chi connectivity index (χ2v) is 4.00. The van der Waals surface area contributed by atoms with Crippen LogP contribution in [0.1, 0.15) is 13.8 Å². The van der Waals surface area contributed by atoms with E-state index in [1.807, 2.05) is 6.92 Å². The molecular weight excluding hydrogens is 262 g/mol. The van der Waals surface area contributed by atoms with Gasteiger partial charge < -0.3 is 29.0 Å². The Morgan fingerprint density at radius 2 is 0.950 bits per heavy atom. The van der Waals surface area contributed by atoms with Gasteiger partial charge in [0, 0.05) is 13.2 Å². The van der Waals surface area contributed by atoms with Crippen molar-refractivity contribution in [1.82, 2.24) is 5.32 Å². The molecule has 0 spiro atoms. The molecule has 0 rings (SSSR count). The van der Waals surface area contributed by atoms with E-state index in [1.165, 1.54) is 0 Å². The predicted octanol–water partition coefficient (Wildman–Crippen LogP) is 0.699. The maximum absolute atomic E-state index is 5.37. The monoisotopic (exact) mass is 293 g/mol. The van der Waals surface area contributed by atoms with E-state index in [-0.39, 0.29) is 0 Å². The average molecular weight is 293 g/mol. The van der Waals surface area contributed by atoms with Crippen LogP contribution in [0, 0.1) is 0 Å². The molecule has 0 amide bonds. The zero-order valence-electron chi connectivity index (χ0n) is 13.0. The number of likely N-dealkylation sites (N-methyl/N-ethyl adjacent to an activating group) is 1. The Balaban J connectivity index is 2.89. The molecular formula is C14H31NO5. The standard InChI is InChI=1S/C14H31NO5/c1-3-15-5-6-17-9-10-19-13-14-20-12-11-18-8-7-16-4-2/h15H,3-14H2,1-2H3. The molecule has 0 atom stereocenters. The van der Waals surface area contributed by atoms with E-state index in [1.54, 1.807) is 0 Å². The number of hydrogen-bond donors (Lipinski definition) is 1. The molecule has 1 N–H and O–H groups in total. The molecule has 0 fully saturated rings. The third kappa shape index (κ3) is 17.8. The Labute approximate surface area is 123 Å². The Kier molecular flexibility index (Phi) is 18.5. The van der Waals surface area contributed by atoms with Crippen molar-refractivity contribution in [2.75, 3.05) is 79.2 Å². The third-order valence-corrected chi connectivity index (χ3v) is 2.37. The van der Waals surface area contributed by atoms with Crippen molar-refractivity contribution in [3.8, 4) is 0 Å². The lowest BCUT2D eigenvalue weighted by Crippen LogP contribution is -2.20. The smallest absolute Gasteiger partial charge is 0.0701 e. The van der Waals surface area contributed by atoms with Crippen molar-refractivity contribution >= 4 is 0 Å². The lowest BCUT2D eigenvalue weighted by atomic mass is 10.6. The van der Waals surface area contributed by atoms with Crippen molar-refractivity contribution in [2.45, 2.75) is 13.8 Å². The fourth-order valence-electron chi connectivity index (χ4n) is 1.35. The minimum absolute atomic E-state index is 0.589. The first-order chi connectivity index (χ1) is 9.91. The van der Waals surface area contributed by atoms with Gasteiger partial charge in [-0.25, -0.2) is 0 Å². The summed E-state index contributed by atoms with van der Waals surface area (Å²) in [6.07, 6.45) is 0. The topological polar surface area (TPSA) is 58.2 Å². The van der Waals surface area contributed by atoms with Crippen LogP contribution in [0.4, 0.5) is 0 Å². The van der Waals surface area contributed by atoms with Crippen molar-refractivity contribution in [1.29, 1.82) is 0 Å². The molecule has 0 bridgehead atoms. The fourth-order valence-corrected chi connectivity index (χ4v) is 1.35. The highest BCUT2D eigenvalue weighted by Crippen LogP contribution is 1.83. The second kappa shape index (κ2) is 18.8. The van der Waals surface area contributed by atoms with Crippen molar-refractivity contribution in [3.63, 3.8) is 0 Å². The zero-order chi connectivity index (χ0) is 14.7. The van der Waals surface area contributed by atoms with E-state index in [2.05, 4.69) is 12.2 Å². The first kappa shape index (κ1) is 19.8. The van der Waals surface area contributed by atoms with Crippen LogP contribution in [0.2, 0.25) is 0 Å². The molecule has 6 heteroatoms. The van der Waals surface area contributed by atoms with E-state index in [0.29, 0.717) is 52.9 Å². The van der Waals surface area contributed by atoms with Crippen molar-refractivity contribution < 1.29 is 23.7 Å². The van der Waals surface area contributed by atoms with Gasteiger partial charge in [-0.3, -0.25) is 0 Å². The number of nitrogens with one attached hydrogen (secondary N) is 1. The van der Waals surface area contributed by atoms with Gasteiger partial charge >= 0.3 is 0 Å². The van der Waals surface area contributed by atoms with Crippen LogP contribution >= 0.6 is 0 Å². The van der Waals surface area contributed by atoms with Gasteiger partial charge in [0.1, 0.15) is 0 Å². The maximum atomic E-state index is 5.37. The highest BCUT2D eigenvalue weighted by atomic mass is 16.6. The summed E-state index contributed by atoms with van der Waals surface area (Å²) in [5.41, 5.74) is 0. The first-order valence-corrected chi connectivity index (χ1v) is 7.51. The normalized spacial score (nSPS) is 11.1. The fraction of sp³-hybridized carbons (Fsp3) is 1.00. The summed E-state index contributed by atoms with van der Waals surface area (Å²) < 4.78 is 26.6. The average Bonchev–Trinajstić information content (AvgIpc) is 2.47. The van der Waals surface area contributed by atoms with Crippen molar-refractivity contribution in [2.24, 2.45) is 0 Å². The molecule has 0 aromatic heterocycles. The molecule has 0 radical (unpaired) electrons. The SMILES string of the molecule is CCNCCOCCOCCOCCOCCOCC. The minimum atomic E-state index is 0.589. The van der Waals surface area contributed by atoms with Crippen LogP contribution in [-0.2, 0) is 23.7 Å². The summed E-state index contributed by atoms with van der Waals surface area (Å²) in [5.74, 6) is 0. The van der Waals surface area contributed by atoms with E-state index in [4.69, 9.17) is 23.7 Å². The molecule has 0 heterocycles. The summed E-state index contributed by atoms with van der Waals surface area (Å²) >= 11 is 0. The molecule has 6 nitrogen and oxygen atoms in total. The van der Waals surface area contributed by atoms with E-state index < -0.39 is 0 Å². The van der Waals surface area contributed by atoms with Crippen LogP contribution in [-0.4, -0.2) is 79.2 Å². The largest absolute Gasteiger partial charge is 0.379 e. The lowest BCUT2D eigenvalue weighted by Gasteiger charge is -2.07. The molecule has 0 saturated heterocycles. The highest BCUT2D eigenvalue weighted by molar-refractivity contribution is 4.40. The van der Waals surface area contributed by atoms with Crippen LogP contribution in [0.25, 0.3) is 0 Å². The summed E-state index contributed by atoms with van der Waals surface area (Å²) in [5, 5.41) is 3.19. The minimum Gasteiger partial charge on any atom is -0.379 e. The number of rotatable bonds is 17. The van der Waals surface area contributed by atoms with Crippen LogP contribution in [0.3, 0.4) is 0 Å². The van der Waals surface area contributed by atoms with E-state index in [9.17, 15) is 0 Å². The predicted molar refractivity (Wildman–Crippen MR) is 78.3 cm³/mol. The van der Waals surface area contributed by atoms with E-state index >= 15 is 0 Å². The van der Waals surface area contributed by atoms with Gasteiger partial charge in [0.25, 0.3) is 0 Å². The Bertz CT molecular complexity index is 154. The van der Waals surface area contributed by atoms with Gasteiger partial charge in [-0.15, -0.1) is 0 Å². The molecule has 0 aliphatic rings. The highest BCUT2D eigenvalue weighted by Gasteiger charge is 1.92. The van der Waals surface area contributed by atoms with Gasteiger partial charge in [0.05, 0.1) is 59.5 Å². The first-order valence-electron chi connectivity index (χ1n) is 7.51. The van der Waals surface area contributed by atoms with Gasteiger partial charge in [0.15, 0.2) is 0 Å². The number of ether oxygens (including phenoxy) is 5. The van der Waals surface area contributed by atoms with E-state index in [0.717, 1.165) is 26.3 Å². The van der Waals surface area contributed by atoms with Crippen LogP contribution in [0.5, 0.6) is 0 Å². The Hall–Kier alpha value is -0.240. The maximum Gasteiger partial charge on any atom is 0.0701 e. The zero-order valence-corrected chi connectivity index (χ0v) is 13.0. The van der Waals surface area contributed by atoms with Crippen LogP contribution in [0.15, 0.2) is 0 Å². The quantitative estimate of drug-likeness (QED) is 0.398. The summed E-state index contributed by atoms with van der Waals surface area (Å²) in [4.78, 5) is 0. The lowest BCUT2D eigenvalue weighted by molar-refractivity contribution is -0.00993. The molecule has 0 aromatic rings. The summed E-state index contributed by atoms with van der Waals surface area (Å²) in [6, 6.07) is 0. The van der Waals surface area contributed by atoms with Gasteiger partial charge in [-0.2, -0.15) is 0 Å². The summed E-state index contributed by atoms with van der Waals surface area (Å²) in [6.45, 7) is 12.3. The van der Waals surface area contributed by atoms with Crippen LogP contribution < -0.4 is 5.32 Å². The molecule has 0 aliphatic carbocycles. The molecule has 122 valence electrons. The molecule has 0 saturated carbocycles. The molecule has 0 unspecified atom stereocenters. The van der Waals surface area contributed by atoms with Gasteiger partial charge in [-0.05, 0) is 13.5 Å². The molecule has 0 aliphatic heterocycles. The summed E-state index contributed by atoms with van der Waals surface area (Å²) in [7, 11) is 0. The number of hydrogen-bond acceptors (Lipinski definition) is 6. The second-order valence-electron chi connectivity index (χ2n) is 4.00. The molecule has 20 heavy (non-hydrogen) atoms. The Morgan fingerprint density at radius 3 is 1.35 bits per heavy atom. The third-order valence-electron chi connectivity index (χ3n) is 2.37. The Morgan fingerprint density at radius 1 is 0.550 bits per heavy atom. The van der Waals surface area contributed by atoms with Crippen molar-refractivity contribution in [3.05, 3.63) is 0 Å².